The van der Waals surface area contributed by atoms with Crippen molar-refractivity contribution in [2.75, 3.05) is 7.05 Å². The molecule has 1 aliphatic rings. The van der Waals surface area contributed by atoms with Crippen LogP contribution in [0.15, 0.2) is 10.9 Å². The van der Waals surface area contributed by atoms with Gasteiger partial charge in [0.15, 0.2) is 0 Å². The topological polar surface area (TPSA) is 71.5 Å². The smallest absolute Gasteiger partial charge is 0.408 e. The molecule has 25 heavy (non-hydrogen) atoms. The van der Waals surface area contributed by atoms with Crippen molar-refractivity contribution in [1.29, 1.82) is 0 Å². The summed E-state index contributed by atoms with van der Waals surface area (Å²) in [6, 6.07) is 0. The van der Waals surface area contributed by atoms with E-state index in [-0.39, 0.29) is 5.91 Å². The molecule has 1 heterocycles. The predicted molar refractivity (Wildman–Crippen MR) is 98.3 cm³/mol. The van der Waals surface area contributed by atoms with Crippen molar-refractivity contribution in [2.24, 2.45) is 5.92 Å². The Morgan fingerprint density at radius 1 is 1.40 bits per heavy atom. The predicted octanol–water partition coefficient (Wildman–Crippen LogP) is 3.58. The molecule has 7 heteroatoms. The molecule has 0 aliphatic heterocycles. The maximum Gasteiger partial charge on any atom is 0.408 e. The summed E-state index contributed by atoms with van der Waals surface area (Å²) in [5.41, 5.74) is 1.13. The quantitative estimate of drug-likeness (QED) is 0.883. The Morgan fingerprint density at radius 2 is 2.04 bits per heavy atom. The Bertz CT molecular complexity index is 587. The zero-order valence-electron chi connectivity index (χ0n) is 15.8. The molecule has 0 aromatic carbocycles. The second-order valence-electron chi connectivity index (χ2n) is 8.03. The number of hydrogen-bond acceptors (Lipinski definition) is 5. The van der Waals surface area contributed by atoms with Gasteiger partial charge in [-0.1, -0.05) is 6.92 Å². The number of amides is 2. The Morgan fingerprint density at radius 3 is 2.56 bits per heavy atom. The standard InChI is InChI=1S/C18H29N3O3S/c1-13-6-8-18(9-7-13,20-16(23)24-17(2,3)4)15(22)21(5)10-14-11-25-12-19-14/h11-13H,6-10H2,1-5H3,(H,20,23). The lowest BCUT2D eigenvalue weighted by atomic mass is 9.76. The average Bonchev–Trinajstić information content (AvgIpc) is 3.00. The van der Waals surface area contributed by atoms with Gasteiger partial charge in [-0.25, -0.2) is 9.78 Å². The summed E-state index contributed by atoms with van der Waals surface area (Å²) in [6.45, 7) is 8.08. The fourth-order valence-corrected chi connectivity index (χ4v) is 3.69. The second kappa shape index (κ2) is 7.72. The van der Waals surface area contributed by atoms with Crippen LogP contribution in [-0.4, -0.2) is 40.1 Å². The Hall–Kier alpha value is -1.63. The second-order valence-corrected chi connectivity index (χ2v) is 8.75. The van der Waals surface area contributed by atoms with E-state index in [0.29, 0.717) is 25.3 Å². The number of nitrogens with zero attached hydrogens (tertiary/aromatic N) is 2. The molecule has 140 valence electrons. The van der Waals surface area contributed by atoms with Gasteiger partial charge in [0.2, 0.25) is 5.91 Å². The van der Waals surface area contributed by atoms with E-state index in [0.717, 1.165) is 18.5 Å². The molecule has 1 fully saturated rings. The zero-order chi connectivity index (χ0) is 18.7. The van der Waals surface area contributed by atoms with Crippen molar-refractivity contribution >= 4 is 23.3 Å². The third-order valence-corrected chi connectivity index (χ3v) is 5.14. The summed E-state index contributed by atoms with van der Waals surface area (Å²) < 4.78 is 5.40. The largest absolute Gasteiger partial charge is 0.444 e. The number of thiazole rings is 1. The van der Waals surface area contributed by atoms with Crippen molar-refractivity contribution in [3.63, 3.8) is 0 Å². The molecule has 6 nitrogen and oxygen atoms in total. The minimum absolute atomic E-state index is 0.0711. The van der Waals surface area contributed by atoms with Crippen LogP contribution in [-0.2, 0) is 16.1 Å². The van der Waals surface area contributed by atoms with Gasteiger partial charge in [-0.05, 0) is 52.4 Å². The van der Waals surface area contributed by atoms with Crippen LogP contribution in [0.1, 0.15) is 59.1 Å². The third kappa shape index (κ3) is 5.42. The molecule has 1 saturated carbocycles. The van der Waals surface area contributed by atoms with Crippen LogP contribution < -0.4 is 5.32 Å². The van der Waals surface area contributed by atoms with Crippen LogP contribution in [0.5, 0.6) is 0 Å². The van der Waals surface area contributed by atoms with Crippen LogP contribution in [0.2, 0.25) is 0 Å². The first-order valence-corrected chi connectivity index (χ1v) is 9.69. The number of nitrogens with one attached hydrogen (secondary N) is 1. The van der Waals surface area contributed by atoms with Gasteiger partial charge in [0.05, 0.1) is 17.7 Å². The molecule has 2 rings (SSSR count). The molecule has 1 aromatic heterocycles. The van der Waals surface area contributed by atoms with E-state index in [1.165, 1.54) is 11.3 Å². The van der Waals surface area contributed by atoms with Gasteiger partial charge in [-0.2, -0.15) is 0 Å². The summed E-state index contributed by atoms with van der Waals surface area (Å²) in [5, 5.41) is 4.83. The average molecular weight is 368 g/mol. The van der Waals surface area contributed by atoms with E-state index in [4.69, 9.17) is 4.74 Å². The van der Waals surface area contributed by atoms with Gasteiger partial charge in [-0.3, -0.25) is 4.79 Å². The number of alkyl carbamates (subject to hydrolysis) is 1. The Balaban J connectivity index is 2.13. The highest BCUT2D eigenvalue weighted by Crippen LogP contribution is 2.34. The normalized spacial score (nSPS) is 23.8. The number of rotatable bonds is 4. The summed E-state index contributed by atoms with van der Waals surface area (Å²) in [6.07, 6.45) is 2.55. The highest BCUT2D eigenvalue weighted by Gasteiger charge is 2.44. The molecule has 2 amide bonds. The number of hydrogen-bond donors (Lipinski definition) is 1. The summed E-state index contributed by atoms with van der Waals surface area (Å²) in [4.78, 5) is 31.4. The molecule has 0 bridgehead atoms. The maximum absolute atomic E-state index is 13.2. The molecular weight excluding hydrogens is 338 g/mol. The third-order valence-electron chi connectivity index (χ3n) is 4.51. The monoisotopic (exact) mass is 367 g/mol. The number of carbonyl (C=O) groups excluding carboxylic acids is 2. The first-order chi connectivity index (χ1) is 11.6. The van der Waals surface area contributed by atoms with Crippen LogP contribution in [0.4, 0.5) is 4.79 Å². The van der Waals surface area contributed by atoms with E-state index >= 15 is 0 Å². The minimum Gasteiger partial charge on any atom is -0.444 e. The van der Waals surface area contributed by atoms with E-state index < -0.39 is 17.2 Å². The van der Waals surface area contributed by atoms with Crippen molar-refractivity contribution in [3.8, 4) is 0 Å². The minimum atomic E-state index is -0.889. The van der Waals surface area contributed by atoms with Crippen LogP contribution >= 0.6 is 11.3 Å². The van der Waals surface area contributed by atoms with Crippen LogP contribution in [0.25, 0.3) is 0 Å². The fraction of sp³-hybridized carbons (Fsp3) is 0.722. The van der Waals surface area contributed by atoms with Crippen molar-refractivity contribution < 1.29 is 14.3 Å². The van der Waals surface area contributed by atoms with E-state index in [1.54, 1.807) is 17.5 Å². The highest BCUT2D eigenvalue weighted by molar-refractivity contribution is 7.07. The van der Waals surface area contributed by atoms with Gasteiger partial charge < -0.3 is 15.0 Å². The van der Waals surface area contributed by atoms with Crippen molar-refractivity contribution in [1.82, 2.24) is 15.2 Å². The summed E-state index contributed by atoms with van der Waals surface area (Å²) in [7, 11) is 1.76. The number of aromatic nitrogens is 1. The molecule has 0 unspecified atom stereocenters. The van der Waals surface area contributed by atoms with E-state index in [1.807, 2.05) is 26.2 Å². The molecule has 1 aromatic rings. The zero-order valence-corrected chi connectivity index (χ0v) is 16.6. The van der Waals surface area contributed by atoms with Crippen LogP contribution in [0.3, 0.4) is 0 Å². The van der Waals surface area contributed by atoms with Gasteiger partial charge in [0.25, 0.3) is 0 Å². The van der Waals surface area contributed by atoms with Crippen molar-refractivity contribution in [2.45, 2.75) is 71.1 Å². The van der Waals surface area contributed by atoms with E-state index in [9.17, 15) is 9.59 Å². The molecule has 1 N–H and O–H groups in total. The lowest BCUT2D eigenvalue weighted by molar-refractivity contribution is -0.139. The first kappa shape index (κ1) is 19.7. The highest BCUT2D eigenvalue weighted by atomic mass is 32.1. The van der Waals surface area contributed by atoms with Gasteiger partial charge in [0.1, 0.15) is 11.1 Å². The van der Waals surface area contributed by atoms with Gasteiger partial charge >= 0.3 is 6.09 Å². The van der Waals surface area contributed by atoms with Gasteiger partial charge in [-0.15, -0.1) is 11.3 Å². The Kier molecular flexibility index (Phi) is 6.08. The van der Waals surface area contributed by atoms with Crippen LogP contribution in [0, 0.1) is 5.92 Å². The molecule has 0 saturated heterocycles. The SMILES string of the molecule is CC1CCC(NC(=O)OC(C)(C)C)(C(=O)N(C)Cc2cscn2)CC1. The molecule has 0 radical (unpaired) electrons. The lowest BCUT2D eigenvalue weighted by Gasteiger charge is -2.41. The summed E-state index contributed by atoms with van der Waals surface area (Å²) >= 11 is 1.51. The summed E-state index contributed by atoms with van der Waals surface area (Å²) in [5.74, 6) is 0.489. The molecule has 1 aliphatic carbocycles. The maximum atomic E-state index is 13.2. The molecule has 0 atom stereocenters. The van der Waals surface area contributed by atoms with E-state index in [2.05, 4.69) is 17.2 Å². The number of ether oxygens (including phenoxy) is 1. The van der Waals surface area contributed by atoms with Crippen molar-refractivity contribution in [3.05, 3.63) is 16.6 Å². The fourth-order valence-electron chi connectivity index (χ4n) is 3.14. The molecular formula is C18H29N3O3S. The molecule has 0 spiro atoms. The number of carbonyl (C=O) groups is 2. The first-order valence-electron chi connectivity index (χ1n) is 8.75. The van der Waals surface area contributed by atoms with Gasteiger partial charge in [0, 0.05) is 12.4 Å². The number of likely N-dealkylation sites (N-methyl/N-ethyl adjacent to an activating group) is 1. The Labute approximate surface area is 154 Å². The lowest BCUT2D eigenvalue weighted by Crippen LogP contribution is -2.60.